The van der Waals surface area contributed by atoms with Crippen LogP contribution in [0.3, 0.4) is 0 Å². The van der Waals surface area contributed by atoms with E-state index in [-0.39, 0.29) is 5.56 Å². The van der Waals surface area contributed by atoms with Gasteiger partial charge < -0.3 is 16.0 Å². The summed E-state index contributed by atoms with van der Waals surface area (Å²) in [5, 5.41) is 9.20. The van der Waals surface area contributed by atoms with E-state index < -0.39 is 59.8 Å². The first kappa shape index (κ1) is 25.7. The van der Waals surface area contributed by atoms with E-state index >= 15 is 0 Å². The molecule has 2 rings (SSSR count). The Balaban J connectivity index is 2.43. The van der Waals surface area contributed by atoms with Gasteiger partial charge in [-0.05, 0) is 5.56 Å². The van der Waals surface area contributed by atoms with E-state index in [2.05, 4.69) is 15.7 Å². The number of amides is 3. The van der Waals surface area contributed by atoms with E-state index in [1.807, 2.05) is 0 Å². The van der Waals surface area contributed by atoms with Crippen LogP contribution in [0, 0.1) is 0 Å². The van der Waals surface area contributed by atoms with Crippen LogP contribution in [0.25, 0.3) is 0 Å². The molecule has 0 aliphatic rings. The first-order valence-electron chi connectivity index (χ1n) is 9.29. The van der Waals surface area contributed by atoms with Gasteiger partial charge in [-0.3, -0.25) is 19.1 Å². The number of carbonyl (C=O) groups excluding carboxylic acids is 3. The van der Waals surface area contributed by atoms with Gasteiger partial charge in [0.15, 0.2) is 5.69 Å². The van der Waals surface area contributed by atoms with Crippen LogP contribution >= 0.6 is 0 Å². The van der Waals surface area contributed by atoms with E-state index in [1.165, 1.54) is 31.3 Å². The minimum atomic E-state index is -5.20. The Hall–Kier alpha value is -3.58. The highest BCUT2D eigenvalue weighted by atomic mass is 19.4. The molecule has 3 amide bonds. The van der Waals surface area contributed by atoms with E-state index in [0.29, 0.717) is 0 Å². The number of aryl methyl sites for hydroxylation is 1. The maximum absolute atomic E-state index is 13.2. The van der Waals surface area contributed by atoms with Crippen molar-refractivity contribution in [3.8, 4) is 0 Å². The van der Waals surface area contributed by atoms with Crippen molar-refractivity contribution in [3.05, 3.63) is 53.3 Å². The first-order valence-corrected chi connectivity index (χ1v) is 9.29. The van der Waals surface area contributed by atoms with Crippen LogP contribution in [-0.2, 0) is 22.8 Å². The van der Waals surface area contributed by atoms with Gasteiger partial charge in [-0.25, -0.2) is 0 Å². The molecule has 1 aromatic heterocycles. The van der Waals surface area contributed by atoms with Crippen molar-refractivity contribution in [1.29, 1.82) is 0 Å². The fourth-order valence-corrected chi connectivity index (χ4v) is 3.02. The number of nitrogens with one attached hydrogen (secondary N) is 3. The van der Waals surface area contributed by atoms with Gasteiger partial charge in [0, 0.05) is 32.8 Å². The molecule has 0 unspecified atom stereocenters. The average Bonchev–Trinajstić information content (AvgIpc) is 3.14. The summed E-state index contributed by atoms with van der Waals surface area (Å²) in [6.07, 6.45) is -9.39. The van der Waals surface area contributed by atoms with Gasteiger partial charge in [0.2, 0.25) is 5.91 Å². The van der Waals surface area contributed by atoms with E-state index in [9.17, 15) is 40.7 Å². The third kappa shape index (κ3) is 6.46. The molecule has 2 aromatic rings. The van der Waals surface area contributed by atoms with Crippen LogP contribution in [0.15, 0.2) is 36.5 Å². The average molecular weight is 479 g/mol. The van der Waals surface area contributed by atoms with Gasteiger partial charge in [-0.1, -0.05) is 30.3 Å². The molecule has 1 aromatic carbocycles. The predicted octanol–water partition coefficient (Wildman–Crippen LogP) is 1.75. The highest BCUT2D eigenvalue weighted by Crippen LogP contribution is 2.31. The monoisotopic (exact) mass is 479 g/mol. The third-order valence-electron chi connectivity index (χ3n) is 4.53. The molecule has 0 aliphatic carbocycles. The molecular formula is C19H19F6N5O3. The SMILES string of the molecule is CNC(=O)[C@@H](NC(=O)c1cn(C)nc1C(F)(F)F)[C@H](CNC(=O)C(F)(F)F)c1ccccc1. The maximum Gasteiger partial charge on any atom is 0.471 e. The second kappa shape index (κ2) is 9.92. The first-order chi connectivity index (χ1) is 15.3. The summed E-state index contributed by atoms with van der Waals surface area (Å²) in [6.45, 7) is -0.750. The van der Waals surface area contributed by atoms with Gasteiger partial charge >= 0.3 is 18.3 Å². The zero-order valence-electron chi connectivity index (χ0n) is 17.2. The van der Waals surface area contributed by atoms with Crippen LogP contribution in [0.2, 0.25) is 0 Å². The van der Waals surface area contributed by atoms with E-state index in [0.717, 1.165) is 17.9 Å². The van der Waals surface area contributed by atoms with Crippen molar-refractivity contribution >= 4 is 17.7 Å². The zero-order valence-corrected chi connectivity index (χ0v) is 17.2. The largest absolute Gasteiger partial charge is 0.471 e. The maximum atomic E-state index is 13.2. The summed E-state index contributed by atoms with van der Waals surface area (Å²) in [4.78, 5) is 36.5. The molecule has 0 radical (unpaired) electrons. The molecule has 33 heavy (non-hydrogen) atoms. The molecule has 0 aliphatic heterocycles. The Morgan fingerprint density at radius 2 is 1.67 bits per heavy atom. The van der Waals surface area contributed by atoms with Crippen molar-refractivity contribution in [1.82, 2.24) is 25.7 Å². The molecule has 8 nitrogen and oxygen atoms in total. The number of carbonyl (C=O) groups is 3. The molecule has 0 fully saturated rings. The van der Waals surface area contributed by atoms with Crippen molar-refractivity contribution < 1.29 is 40.7 Å². The minimum absolute atomic E-state index is 0.246. The number of rotatable bonds is 7. The number of aromatic nitrogens is 2. The van der Waals surface area contributed by atoms with E-state index in [1.54, 1.807) is 11.4 Å². The summed E-state index contributed by atoms with van der Waals surface area (Å²) < 4.78 is 78.4. The second-order valence-electron chi connectivity index (χ2n) is 6.85. The van der Waals surface area contributed by atoms with Gasteiger partial charge in [-0.15, -0.1) is 0 Å². The van der Waals surface area contributed by atoms with Crippen molar-refractivity contribution in [2.75, 3.05) is 13.6 Å². The highest BCUT2D eigenvalue weighted by molar-refractivity contribution is 5.98. The van der Waals surface area contributed by atoms with Crippen LogP contribution in [0.4, 0.5) is 26.3 Å². The Bertz CT molecular complexity index is 1000. The quantitative estimate of drug-likeness (QED) is 0.527. The number of hydrogen-bond acceptors (Lipinski definition) is 4. The smallest absolute Gasteiger partial charge is 0.357 e. The number of likely N-dealkylation sites (N-methyl/N-ethyl adjacent to an activating group) is 1. The second-order valence-corrected chi connectivity index (χ2v) is 6.85. The number of nitrogens with zero attached hydrogens (tertiary/aromatic N) is 2. The summed E-state index contributed by atoms with van der Waals surface area (Å²) >= 11 is 0. The van der Waals surface area contributed by atoms with Crippen molar-refractivity contribution in [2.24, 2.45) is 7.05 Å². The standard InChI is InChI=1S/C19H19F6N5O3/c1-26-16(32)13(28-15(31)12-9-30(2)29-14(12)18(20,21)22)11(10-6-4-3-5-7-10)8-27-17(33)19(23,24)25/h3-7,9,11,13H,8H2,1-2H3,(H,26,32)(H,27,33)(H,28,31)/t11-,13+/m1/s1. The lowest BCUT2D eigenvalue weighted by atomic mass is 9.90. The molecular weight excluding hydrogens is 460 g/mol. The lowest BCUT2D eigenvalue weighted by Gasteiger charge is -2.27. The van der Waals surface area contributed by atoms with Crippen LogP contribution in [-0.4, -0.2) is 53.3 Å². The fraction of sp³-hybridized carbons (Fsp3) is 0.368. The van der Waals surface area contributed by atoms with Crippen LogP contribution < -0.4 is 16.0 Å². The molecule has 14 heteroatoms. The summed E-state index contributed by atoms with van der Waals surface area (Å²) in [7, 11) is 2.32. The molecule has 180 valence electrons. The Morgan fingerprint density at radius 1 is 1.06 bits per heavy atom. The highest BCUT2D eigenvalue weighted by Gasteiger charge is 2.42. The third-order valence-corrected chi connectivity index (χ3v) is 4.53. The van der Waals surface area contributed by atoms with Crippen LogP contribution in [0.5, 0.6) is 0 Å². The Labute approximate surface area is 183 Å². The summed E-state index contributed by atoms with van der Waals surface area (Å²) in [5.41, 5.74) is -2.14. The predicted molar refractivity (Wildman–Crippen MR) is 102 cm³/mol. The number of benzene rings is 1. The topological polar surface area (TPSA) is 105 Å². The number of halogens is 6. The van der Waals surface area contributed by atoms with Crippen LogP contribution in [0.1, 0.15) is 27.5 Å². The molecule has 2 atom stereocenters. The zero-order chi connectivity index (χ0) is 25.0. The van der Waals surface area contributed by atoms with Gasteiger partial charge in [0.25, 0.3) is 5.91 Å². The molecule has 0 spiro atoms. The molecule has 1 heterocycles. The fourth-order valence-electron chi connectivity index (χ4n) is 3.02. The molecule has 0 bridgehead atoms. The summed E-state index contributed by atoms with van der Waals surface area (Å²) in [5.74, 6) is -5.77. The molecule has 0 saturated carbocycles. The Morgan fingerprint density at radius 3 is 2.18 bits per heavy atom. The lowest BCUT2D eigenvalue weighted by molar-refractivity contribution is -0.173. The Kier molecular flexibility index (Phi) is 7.72. The van der Waals surface area contributed by atoms with E-state index in [4.69, 9.17) is 0 Å². The minimum Gasteiger partial charge on any atom is -0.357 e. The van der Waals surface area contributed by atoms with Gasteiger partial charge in [-0.2, -0.15) is 31.4 Å². The lowest BCUT2D eigenvalue weighted by Crippen LogP contribution is -2.52. The van der Waals surface area contributed by atoms with Gasteiger partial charge in [0.1, 0.15) is 6.04 Å². The number of alkyl halides is 6. The normalized spacial score (nSPS) is 13.7. The van der Waals surface area contributed by atoms with Gasteiger partial charge in [0.05, 0.1) is 5.56 Å². The summed E-state index contributed by atoms with van der Waals surface area (Å²) in [6, 6.07) is 5.79. The molecule has 0 saturated heterocycles. The number of hydrogen-bond donors (Lipinski definition) is 3. The van der Waals surface area contributed by atoms with Crippen molar-refractivity contribution in [3.63, 3.8) is 0 Å². The van der Waals surface area contributed by atoms with Crippen molar-refractivity contribution in [2.45, 2.75) is 24.3 Å². The molecule has 3 N–H and O–H groups in total.